The summed E-state index contributed by atoms with van der Waals surface area (Å²) in [4.78, 5) is 94.1. The second-order valence-electron chi connectivity index (χ2n) is 22.9. The Balaban J connectivity index is 1.03. The van der Waals surface area contributed by atoms with Gasteiger partial charge in [0.1, 0.15) is 12.1 Å². The van der Waals surface area contributed by atoms with Crippen molar-refractivity contribution in [3.05, 3.63) is 119 Å². The van der Waals surface area contributed by atoms with E-state index in [1.54, 1.807) is 14.1 Å². The molecule has 6 amide bonds. The fourth-order valence-electron chi connectivity index (χ4n) is 12.6. The first kappa shape index (κ1) is 58.0. The van der Waals surface area contributed by atoms with Gasteiger partial charge in [0.05, 0.1) is 12.1 Å². The van der Waals surface area contributed by atoms with Gasteiger partial charge in [-0.15, -0.1) is 0 Å². The fourth-order valence-corrected chi connectivity index (χ4v) is 12.6. The molecule has 8 rings (SSSR count). The quantitative estimate of drug-likeness (QED) is 0.0611. The number of amides is 6. The summed E-state index contributed by atoms with van der Waals surface area (Å²) in [7, 11) is 3.51. The minimum atomic E-state index is -0.612. The normalized spacial score (nSPS) is 20.0. The van der Waals surface area contributed by atoms with E-state index in [4.69, 9.17) is 0 Å². The molecule has 0 aromatic heterocycles. The SMILES string of the molecule is CN[C@@H](C)C(=O)N[C@H](C(=O)N1CCCC[C@H]1CN(CCc1ccccc1)C(=O)c1ccc2cc(C(=O)N(CCc3ccccc3)C[C@@H]3CCCCN3C(=O)[C@@H](NC(=O)[C@H](C)NC)C3CCCCC3)ccc2c1)C1CCCCC1. The first-order valence-electron chi connectivity index (χ1n) is 29.7. The standard InChI is InChI=1S/C64H88N8O6/c1-45(65-3)59(73)67-57(49-25-13-7-14-26-49)63(77)71-37-19-17-29-55(71)43-69(39-35-47-21-9-5-10-22-47)61(75)53-33-31-52-42-54(34-32-51(52)41-53)62(76)70(40-36-48-23-11-6-12-24-48)44-56-30-18-20-38-72(56)64(78)58(50-27-15-8-16-28-50)68-60(74)46(2)66-4/h5-6,9-12,21-24,31-34,41-42,45-46,49-50,55-58,65-66H,7-8,13-20,25-30,35-40,43-44H2,1-4H3,(H,67,73)(H,68,74)/t45-,46-,55-,56-,57-,58-/m0/s1. The summed E-state index contributed by atoms with van der Waals surface area (Å²) in [5.74, 6) is -0.534. The lowest BCUT2D eigenvalue weighted by Gasteiger charge is -2.42. The minimum Gasteiger partial charge on any atom is -0.343 e. The van der Waals surface area contributed by atoms with Crippen molar-refractivity contribution in [3.8, 4) is 0 Å². The molecule has 4 aliphatic rings. The van der Waals surface area contributed by atoms with Gasteiger partial charge in [0.15, 0.2) is 0 Å². The summed E-state index contributed by atoms with van der Waals surface area (Å²) >= 11 is 0. The van der Waals surface area contributed by atoms with Crippen molar-refractivity contribution < 1.29 is 28.8 Å². The van der Waals surface area contributed by atoms with Crippen molar-refractivity contribution in [2.24, 2.45) is 11.8 Å². The van der Waals surface area contributed by atoms with Crippen LogP contribution in [0.1, 0.15) is 148 Å². The number of hydrogen-bond acceptors (Lipinski definition) is 8. The van der Waals surface area contributed by atoms with Crippen LogP contribution in [0.4, 0.5) is 0 Å². The number of carbonyl (C=O) groups excluding carboxylic acids is 6. The number of nitrogens with zero attached hydrogens (tertiary/aromatic N) is 4. The van der Waals surface area contributed by atoms with Crippen molar-refractivity contribution in [3.63, 3.8) is 0 Å². The summed E-state index contributed by atoms with van der Waals surface area (Å²) in [6.45, 7) is 6.46. The number of fused-ring (bicyclic) bond motifs is 1. The van der Waals surface area contributed by atoms with Crippen LogP contribution in [0, 0.1) is 11.8 Å². The van der Waals surface area contributed by atoms with Gasteiger partial charge in [-0.2, -0.15) is 0 Å². The zero-order valence-corrected chi connectivity index (χ0v) is 47.1. The molecule has 4 fully saturated rings. The van der Waals surface area contributed by atoms with Crippen LogP contribution >= 0.6 is 0 Å². The minimum absolute atomic E-state index is 0.0401. The molecule has 2 heterocycles. The van der Waals surface area contributed by atoms with Crippen molar-refractivity contribution >= 4 is 46.2 Å². The molecule has 14 nitrogen and oxygen atoms in total. The Morgan fingerprint density at radius 2 is 0.859 bits per heavy atom. The average Bonchev–Trinajstić information content (AvgIpc) is 3.52. The molecule has 4 N–H and O–H groups in total. The number of likely N-dealkylation sites (N-methyl/N-ethyl adjacent to an activating group) is 2. The number of likely N-dealkylation sites (tertiary alicyclic amines) is 2. The summed E-state index contributed by atoms with van der Waals surface area (Å²) < 4.78 is 0. The molecule has 0 bridgehead atoms. The molecule has 6 atom stereocenters. The molecule has 2 aliphatic carbocycles. The van der Waals surface area contributed by atoms with Gasteiger partial charge >= 0.3 is 0 Å². The topological polar surface area (TPSA) is 163 Å². The van der Waals surface area contributed by atoms with Gasteiger partial charge in [-0.3, -0.25) is 28.8 Å². The first-order chi connectivity index (χ1) is 37.9. The summed E-state index contributed by atoms with van der Waals surface area (Å²) in [5.41, 5.74) is 3.31. The molecule has 2 saturated heterocycles. The molecule has 4 aromatic carbocycles. The van der Waals surface area contributed by atoms with Crippen LogP contribution < -0.4 is 21.3 Å². The van der Waals surface area contributed by atoms with E-state index in [0.29, 0.717) is 63.2 Å². The van der Waals surface area contributed by atoms with Gasteiger partial charge in [-0.1, -0.05) is 111 Å². The maximum atomic E-state index is 15.0. The van der Waals surface area contributed by atoms with Crippen LogP contribution in [0.2, 0.25) is 0 Å². The zero-order valence-electron chi connectivity index (χ0n) is 47.1. The van der Waals surface area contributed by atoms with E-state index in [2.05, 4.69) is 45.5 Å². The monoisotopic (exact) mass is 1060 g/mol. The molecule has 420 valence electrons. The Kier molecular flexibility index (Phi) is 21.3. The predicted octanol–water partition coefficient (Wildman–Crippen LogP) is 8.32. The van der Waals surface area contributed by atoms with E-state index in [-0.39, 0.29) is 59.4 Å². The lowest BCUT2D eigenvalue weighted by atomic mass is 9.82. The van der Waals surface area contributed by atoms with Gasteiger partial charge in [0.25, 0.3) is 11.8 Å². The van der Waals surface area contributed by atoms with E-state index in [0.717, 1.165) is 125 Å². The van der Waals surface area contributed by atoms with E-state index >= 15 is 0 Å². The van der Waals surface area contributed by atoms with Crippen LogP contribution in [-0.4, -0.2) is 145 Å². The third-order valence-electron chi connectivity index (χ3n) is 17.6. The highest BCUT2D eigenvalue weighted by molar-refractivity contribution is 6.02. The number of hydrogen-bond donors (Lipinski definition) is 4. The van der Waals surface area contributed by atoms with Crippen LogP contribution in [0.3, 0.4) is 0 Å². The molecule has 78 heavy (non-hydrogen) atoms. The van der Waals surface area contributed by atoms with Crippen LogP contribution in [0.25, 0.3) is 10.8 Å². The largest absolute Gasteiger partial charge is 0.343 e. The summed E-state index contributed by atoms with van der Waals surface area (Å²) in [6, 6.07) is 29.2. The fraction of sp³-hybridized carbons (Fsp3) is 0.562. The maximum absolute atomic E-state index is 15.0. The number of rotatable bonds is 22. The summed E-state index contributed by atoms with van der Waals surface area (Å²) in [6.07, 6.45) is 16.5. The van der Waals surface area contributed by atoms with Gasteiger partial charge in [-0.05, 0) is 163 Å². The first-order valence-corrected chi connectivity index (χ1v) is 29.7. The molecule has 2 aliphatic heterocycles. The lowest BCUT2D eigenvalue weighted by molar-refractivity contribution is -0.142. The van der Waals surface area contributed by atoms with E-state index < -0.39 is 24.2 Å². The Morgan fingerprint density at radius 1 is 0.487 bits per heavy atom. The van der Waals surface area contributed by atoms with Gasteiger partial charge in [0.2, 0.25) is 23.6 Å². The maximum Gasteiger partial charge on any atom is 0.253 e. The highest BCUT2D eigenvalue weighted by Crippen LogP contribution is 2.32. The Labute approximate surface area is 464 Å². The molecule has 4 aromatic rings. The molecule has 0 spiro atoms. The third kappa shape index (κ3) is 15.2. The highest BCUT2D eigenvalue weighted by Gasteiger charge is 2.41. The van der Waals surface area contributed by atoms with Crippen molar-refractivity contribution in [1.82, 2.24) is 40.9 Å². The molecule has 2 saturated carbocycles. The van der Waals surface area contributed by atoms with Gasteiger partial charge in [-0.25, -0.2) is 0 Å². The molecule has 0 unspecified atom stereocenters. The number of benzene rings is 4. The highest BCUT2D eigenvalue weighted by atomic mass is 16.2. The Hall–Kier alpha value is -6.12. The van der Waals surface area contributed by atoms with Crippen molar-refractivity contribution in [1.29, 1.82) is 0 Å². The van der Waals surface area contributed by atoms with Gasteiger partial charge < -0.3 is 40.9 Å². The van der Waals surface area contributed by atoms with E-state index in [9.17, 15) is 28.8 Å². The van der Waals surface area contributed by atoms with Crippen LogP contribution in [-0.2, 0) is 32.0 Å². The predicted molar refractivity (Wildman–Crippen MR) is 309 cm³/mol. The van der Waals surface area contributed by atoms with Crippen LogP contribution in [0.5, 0.6) is 0 Å². The summed E-state index contributed by atoms with van der Waals surface area (Å²) in [5, 5.41) is 14.1. The zero-order chi connectivity index (χ0) is 55.0. The second kappa shape index (κ2) is 28.7. The van der Waals surface area contributed by atoms with Gasteiger partial charge in [0, 0.05) is 62.5 Å². The molecular formula is C64H88N8O6. The molecule has 14 heteroatoms. The Bertz CT molecular complexity index is 2440. The van der Waals surface area contributed by atoms with E-state index in [1.807, 2.05) is 106 Å². The van der Waals surface area contributed by atoms with Crippen molar-refractivity contribution in [2.45, 2.75) is 166 Å². The number of nitrogens with one attached hydrogen (secondary N) is 4. The second-order valence-corrected chi connectivity index (χ2v) is 22.9. The smallest absolute Gasteiger partial charge is 0.253 e. The van der Waals surface area contributed by atoms with E-state index in [1.165, 1.54) is 0 Å². The van der Waals surface area contributed by atoms with Crippen LogP contribution in [0.15, 0.2) is 97.1 Å². The lowest BCUT2D eigenvalue weighted by Crippen LogP contribution is -2.60. The van der Waals surface area contributed by atoms with Crippen molar-refractivity contribution in [2.75, 3.05) is 53.4 Å². The molecule has 0 radical (unpaired) electrons. The number of piperidine rings is 2. The third-order valence-corrected chi connectivity index (χ3v) is 17.6. The average molecular weight is 1070 g/mol. The number of carbonyl (C=O) groups is 6. The Morgan fingerprint density at radius 3 is 1.23 bits per heavy atom. The molecular weight excluding hydrogens is 977 g/mol.